The van der Waals surface area contributed by atoms with Crippen molar-refractivity contribution in [1.29, 1.82) is 0 Å². The van der Waals surface area contributed by atoms with E-state index in [0.717, 1.165) is 0 Å². The zero-order chi connectivity index (χ0) is 15.0. The summed E-state index contributed by atoms with van der Waals surface area (Å²) >= 11 is 5.87. The van der Waals surface area contributed by atoms with Crippen LogP contribution in [-0.2, 0) is 10.2 Å². The summed E-state index contributed by atoms with van der Waals surface area (Å²) in [4.78, 5) is 0. The number of aliphatic hydroxyl groups is 1. The van der Waals surface area contributed by atoms with Gasteiger partial charge in [0.2, 0.25) is 0 Å². The normalized spacial score (nSPS) is 10.8. The molecule has 0 spiro atoms. The summed E-state index contributed by atoms with van der Waals surface area (Å²) in [6, 6.07) is 4.75. The summed E-state index contributed by atoms with van der Waals surface area (Å²) in [5.41, 5.74) is 0.816. The number of hydrogen-bond donors (Lipinski definition) is 3. The van der Waals surface area contributed by atoms with Crippen molar-refractivity contribution in [1.82, 2.24) is 4.72 Å². The van der Waals surface area contributed by atoms with Gasteiger partial charge < -0.3 is 5.11 Å². The van der Waals surface area contributed by atoms with Gasteiger partial charge >= 0.3 is 0 Å². The van der Waals surface area contributed by atoms with E-state index in [1.165, 1.54) is 6.07 Å². The first kappa shape index (κ1) is 16.8. The molecule has 0 aliphatic rings. The molecule has 1 aromatic rings. The van der Waals surface area contributed by atoms with Gasteiger partial charge in [-0.05, 0) is 24.6 Å². The molecule has 0 amide bonds. The molecule has 0 aliphatic heterocycles. The number of nitrogens with one attached hydrogen (secondary N) is 2. The standard InChI is InChI=1S/C13H17ClN2O3S/c1-2-8-15-20(18,19)16-13-10-12(14)7-6-11(13)5-3-4-9-17/h6-7,10,15-17H,2,4,8-9H2,1H3. The Morgan fingerprint density at radius 1 is 1.40 bits per heavy atom. The number of halogens is 1. The predicted molar refractivity (Wildman–Crippen MR) is 80.9 cm³/mol. The van der Waals surface area contributed by atoms with Crippen LogP contribution in [-0.4, -0.2) is 26.7 Å². The molecule has 7 heteroatoms. The zero-order valence-electron chi connectivity index (χ0n) is 11.1. The molecule has 0 aromatic heterocycles. The van der Waals surface area contributed by atoms with E-state index < -0.39 is 10.2 Å². The first-order chi connectivity index (χ1) is 9.48. The summed E-state index contributed by atoms with van der Waals surface area (Å²) in [6.45, 7) is 2.18. The Morgan fingerprint density at radius 3 is 2.80 bits per heavy atom. The summed E-state index contributed by atoms with van der Waals surface area (Å²) in [6.07, 6.45) is 1.02. The maximum atomic E-state index is 11.8. The zero-order valence-corrected chi connectivity index (χ0v) is 12.7. The lowest BCUT2D eigenvalue weighted by molar-refractivity contribution is 0.305. The van der Waals surface area contributed by atoms with E-state index in [0.29, 0.717) is 35.7 Å². The van der Waals surface area contributed by atoms with Gasteiger partial charge in [0.15, 0.2) is 0 Å². The van der Waals surface area contributed by atoms with Crippen molar-refractivity contribution < 1.29 is 13.5 Å². The molecule has 0 saturated carbocycles. The average Bonchev–Trinajstić information content (AvgIpc) is 2.39. The molecular weight excluding hydrogens is 300 g/mol. The minimum Gasteiger partial charge on any atom is -0.395 e. The Morgan fingerprint density at radius 2 is 2.15 bits per heavy atom. The van der Waals surface area contributed by atoms with Gasteiger partial charge in [0.1, 0.15) is 0 Å². The van der Waals surface area contributed by atoms with Crippen molar-refractivity contribution >= 4 is 27.5 Å². The van der Waals surface area contributed by atoms with E-state index in [2.05, 4.69) is 21.3 Å². The maximum absolute atomic E-state index is 11.8. The molecule has 1 aromatic carbocycles. The quantitative estimate of drug-likeness (QED) is 0.699. The van der Waals surface area contributed by atoms with Crippen LogP contribution >= 0.6 is 11.6 Å². The third kappa shape index (κ3) is 5.80. The number of hydrogen-bond acceptors (Lipinski definition) is 3. The van der Waals surface area contributed by atoms with Crippen molar-refractivity contribution in [3.05, 3.63) is 28.8 Å². The lowest BCUT2D eigenvalue weighted by atomic mass is 10.2. The van der Waals surface area contributed by atoms with E-state index in [4.69, 9.17) is 16.7 Å². The second kappa shape index (κ2) is 8.12. The smallest absolute Gasteiger partial charge is 0.299 e. The minimum absolute atomic E-state index is 0.0420. The summed E-state index contributed by atoms with van der Waals surface area (Å²) < 4.78 is 28.4. The van der Waals surface area contributed by atoms with Gasteiger partial charge in [0.25, 0.3) is 10.2 Å². The Balaban J connectivity index is 2.99. The highest BCUT2D eigenvalue weighted by Crippen LogP contribution is 2.21. The minimum atomic E-state index is -3.64. The van der Waals surface area contributed by atoms with Crippen LogP contribution in [0.5, 0.6) is 0 Å². The monoisotopic (exact) mass is 316 g/mol. The molecule has 0 fully saturated rings. The SMILES string of the molecule is CCCNS(=O)(=O)Nc1cc(Cl)ccc1C#CCCO. The molecule has 0 saturated heterocycles. The highest BCUT2D eigenvalue weighted by Gasteiger charge is 2.11. The topological polar surface area (TPSA) is 78.4 Å². The molecule has 0 atom stereocenters. The Kier molecular flexibility index (Phi) is 6.82. The summed E-state index contributed by atoms with van der Waals surface area (Å²) in [7, 11) is -3.64. The number of rotatable bonds is 6. The molecule has 3 N–H and O–H groups in total. The third-order valence-corrected chi connectivity index (χ3v) is 3.54. The van der Waals surface area contributed by atoms with Crippen LogP contribution in [0.2, 0.25) is 5.02 Å². The van der Waals surface area contributed by atoms with Crippen molar-refractivity contribution in [3.63, 3.8) is 0 Å². The van der Waals surface area contributed by atoms with Crippen LogP contribution in [0.4, 0.5) is 5.69 Å². The number of anilines is 1. The van der Waals surface area contributed by atoms with Crippen molar-refractivity contribution in [2.24, 2.45) is 0 Å². The molecular formula is C13H17ClN2O3S. The first-order valence-electron chi connectivity index (χ1n) is 6.15. The fourth-order valence-corrected chi connectivity index (χ4v) is 2.52. The Hall–Kier alpha value is -1.26. The lowest BCUT2D eigenvalue weighted by Crippen LogP contribution is -2.30. The van der Waals surface area contributed by atoms with Crippen LogP contribution < -0.4 is 9.44 Å². The van der Waals surface area contributed by atoms with Gasteiger partial charge in [-0.15, -0.1) is 0 Å². The largest absolute Gasteiger partial charge is 0.395 e. The van der Waals surface area contributed by atoms with Gasteiger partial charge in [0, 0.05) is 23.6 Å². The Bertz CT molecular complexity index is 606. The van der Waals surface area contributed by atoms with Gasteiger partial charge in [-0.1, -0.05) is 30.4 Å². The highest BCUT2D eigenvalue weighted by atomic mass is 35.5. The van der Waals surface area contributed by atoms with Crippen molar-refractivity contribution in [2.45, 2.75) is 19.8 Å². The van der Waals surface area contributed by atoms with Crippen LogP contribution in [0.25, 0.3) is 0 Å². The summed E-state index contributed by atoms with van der Waals surface area (Å²) in [5, 5.41) is 9.10. The highest BCUT2D eigenvalue weighted by molar-refractivity contribution is 7.90. The molecule has 1 rings (SSSR count). The molecule has 5 nitrogen and oxygen atoms in total. The fourth-order valence-electron chi connectivity index (χ4n) is 1.34. The molecule has 20 heavy (non-hydrogen) atoms. The second-order valence-electron chi connectivity index (χ2n) is 3.97. The van der Waals surface area contributed by atoms with Gasteiger partial charge in [-0.3, -0.25) is 4.72 Å². The molecule has 110 valence electrons. The van der Waals surface area contributed by atoms with Crippen molar-refractivity contribution in [2.75, 3.05) is 17.9 Å². The summed E-state index contributed by atoms with van der Waals surface area (Å²) in [5.74, 6) is 5.54. The molecule has 0 unspecified atom stereocenters. The average molecular weight is 317 g/mol. The predicted octanol–water partition coefficient (Wildman–Crippen LogP) is 1.73. The van der Waals surface area contributed by atoms with Crippen LogP contribution in [0.3, 0.4) is 0 Å². The molecule has 0 aliphatic carbocycles. The maximum Gasteiger partial charge on any atom is 0.299 e. The van der Waals surface area contributed by atoms with Crippen LogP contribution in [0.1, 0.15) is 25.3 Å². The van der Waals surface area contributed by atoms with E-state index in [1.54, 1.807) is 12.1 Å². The molecule has 0 heterocycles. The van der Waals surface area contributed by atoms with Gasteiger partial charge in [-0.2, -0.15) is 13.1 Å². The third-order valence-electron chi connectivity index (χ3n) is 2.23. The van der Waals surface area contributed by atoms with Crippen LogP contribution in [0.15, 0.2) is 18.2 Å². The van der Waals surface area contributed by atoms with Crippen LogP contribution in [0, 0.1) is 11.8 Å². The Labute approximate surface area is 124 Å². The molecule has 0 radical (unpaired) electrons. The van der Waals surface area contributed by atoms with E-state index in [9.17, 15) is 8.42 Å². The van der Waals surface area contributed by atoms with E-state index in [-0.39, 0.29) is 6.61 Å². The fraction of sp³-hybridized carbons (Fsp3) is 0.385. The molecule has 0 bridgehead atoms. The van der Waals surface area contributed by atoms with Gasteiger partial charge in [-0.25, -0.2) is 0 Å². The van der Waals surface area contributed by atoms with E-state index >= 15 is 0 Å². The lowest BCUT2D eigenvalue weighted by Gasteiger charge is -2.10. The number of aliphatic hydroxyl groups excluding tert-OH is 1. The first-order valence-corrected chi connectivity index (χ1v) is 8.01. The second-order valence-corrected chi connectivity index (χ2v) is 5.90. The number of benzene rings is 1. The van der Waals surface area contributed by atoms with Gasteiger partial charge in [0.05, 0.1) is 12.3 Å². The van der Waals surface area contributed by atoms with E-state index in [1.807, 2.05) is 6.92 Å². The van der Waals surface area contributed by atoms with Crippen molar-refractivity contribution in [3.8, 4) is 11.8 Å².